The fraction of sp³-hybridized carbons (Fsp3) is 0.368. The number of hydrogen-bond acceptors (Lipinski definition) is 9. The maximum atomic E-state index is 13.9. The predicted molar refractivity (Wildman–Crippen MR) is 178 cm³/mol. The summed E-state index contributed by atoms with van der Waals surface area (Å²) in [5, 5.41) is 5.98. The predicted octanol–water partition coefficient (Wildman–Crippen LogP) is 4.29. The molecule has 3 aliphatic rings. The summed E-state index contributed by atoms with van der Waals surface area (Å²) in [5.74, 6) is -2.70. The lowest BCUT2D eigenvalue weighted by atomic mass is 9.95. The molecule has 4 atom stereocenters. The number of carbonyl (C=O) groups excluding carboxylic acids is 4. The van der Waals surface area contributed by atoms with E-state index in [9.17, 15) is 19.2 Å². The number of nitrogens with zero attached hydrogens (tertiary/aromatic N) is 1. The van der Waals surface area contributed by atoms with Gasteiger partial charge in [-0.15, -0.1) is 0 Å². The van der Waals surface area contributed by atoms with Crippen LogP contribution >= 0.6 is 0 Å². The zero-order valence-electron chi connectivity index (χ0n) is 27.1. The summed E-state index contributed by atoms with van der Waals surface area (Å²) in [4.78, 5) is 56.3. The topological polar surface area (TPSA) is 132 Å². The zero-order valence-corrected chi connectivity index (χ0v) is 27.1. The molecule has 6 rings (SSSR count). The van der Waals surface area contributed by atoms with Crippen molar-refractivity contribution in [3.63, 3.8) is 0 Å². The first-order valence-electron chi connectivity index (χ1n) is 16.7. The molecule has 0 saturated carbocycles. The first kappa shape index (κ1) is 34.0. The second kappa shape index (κ2) is 16.5. The van der Waals surface area contributed by atoms with Crippen LogP contribution < -0.4 is 10.6 Å². The van der Waals surface area contributed by atoms with Crippen molar-refractivity contribution in [2.24, 2.45) is 5.92 Å². The van der Waals surface area contributed by atoms with Gasteiger partial charge in [0.05, 0.1) is 12.0 Å². The van der Waals surface area contributed by atoms with Crippen LogP contribution in [-0.2, 0) is 51.3 Å². The third-order valence-corrected chi connectivity index (χ3v) is 8.90. The second-order valence-electron chi connectivity index (χ2n) is 12.4. The summed E-state index contributed by atoms with van der Waals surface area (Å²) in [5.41, 5.74) is 2.47. The van der Waals surface area contributed by atoms with Crippen molar-refractivity contribution in [1.29, 1.82) is 0 Å². The van der Waals surface area contributed by atoms with E-state index >= 15 is 0 Å². The number of fused-ring (bicyclic) bond motifs is 1. The van der Waals surface area contributed by atoms with Crippen LogP contribution in [0.25, 0.3) is 0 Å². The van der Waals surface area contributed by atoms with Gasteiger partial charge in [-0.25, -0.2) is 4.79 Å². The third-order valence-electron chi connectivity index (χ3n) is 8.90. The van der Waals surface area contributed by atoms with Gasteiger partial charge < -0.3 is 29.2 Å². The minimum Gasteiger partial charge on any atom is -0.461 e. The lowest BCUT2D eigenvalue weighted by Gasteiger charge is -2.39. The molecule has 11 heteroatoms. The quantitative estimate of drug-likeness (QED) is 0.253. The van der Waals surface area contributed by atoms with E-state index in [4.69, 9.17) is 18.9 Å². The largest absolute Gasteiger partial charge is 0.461 e. The van der Waals surface area contributed by atoms with Gasteiger partial charge in [-0.1, -0.05) is 103 Å². The molecule has 2 N–H and O–H groups in total. The van der Waals surface area contributed by atoms with Crippen molar-refractivity contribution < 1.29 is 38.1 Å². The van der Waals surface area contributed by atoms with E-state index < -0.39 is 54.6 Å². The number of hydrogen-bond donors (Lipinski definition) is 2. The van der Waals surface area contributed by atoms with E-state index in [1.807, 2.05) is 97.1 Å². The number of carbonyl (C=O) groups is 4. The van der Waals surface area contributed by atoms with Gasteiger partial charge >= 0.3 is 11.9 Å². The van der Waals surface area contributed by atoms with Crippen LogP contribution in [0.2, 0.25) is 0 Å². The summed E-state index contributed by atoms with van der Waals surface area (Å²) >= 11 is 0. The van der Waals surface area contributed by atoms with Crippen molar-refractivity contribution in [2.75, 3.05) is 6.54 Å². The van der Waals surface area contributed by atoms with E-state index in [1.165, 1.54) is 0 Å². The summed E-state index contributed by atoms with van der Waals surface area (Å²) in [6.45, 7) is 0.459. The highest BCUT2D eigenvalue weighted by Crippen LogP contribution is 2.31. The smallest absolute Gasteiger partial charge is 0.328 e. The van der Waals surface area contributed by atoms with Crippen LogP contribution in [-0.4, -0.2) is 59.7 Å². The van der Waals surface area contributed by atoms with E-state index in [2.05, 4.69) is 10.6 Å². The van der Waals surface area contributed by atoms with Crippen molar-refractivity contribution >= 4 is 23.8 Å². The van der Waals surface area contributed by atoms with E-state index in [1.54, 1.807) is 11.0 Å². The molecule has 0 radical (unpaired) electrons. The number of ether oxygens (including phenoxy) is 4. The highest BCUT2D eigenvalue weighted by atomic mass is 16.9. The summed E-state index contributed by atoms with van der Waals surface area (Å²) < 4.78 is 23.1. The van der Waals surface area contributed by atoms with E-state index in [0.717, 1.165) is 16.7 Å². The SMILES string of the molecule is O=C(OCc1ccccc1)[C@H]1CC=CC[C@H](NC2OC(c3ccccc3)O2)C(=O)N2CCC[C@H]2C(=O)N[C@H](C(=O)OCc2ccccc2)C1. The molecule has 3 aromatic rings. The molecule has 0 aliphatic carbocycles. The van der Waals surface area contributed by atoms with Gasteiger partial charge in [-0.05, 0) is 43.2 Å². The minimum absolute atomic E-state index is 0.00684. The number of allylic oxidation sites excluding steroid dienone is 1. The Hall–Kier alpha value is -4.84. The molecule has 0 bridgehead atoms. The highest BCUT2D eigenvalue weighted by Gasteiger charge is 2.42. The molecule has 0 aromatic heterocycles. The molecule has 0 spiro atoms. The molecule has 49 heavy (non-hydrogen) atoms. The number of nitrogens with one attached hydrogen (secondary N) is 2. The maximum absolute atomic E-state index is 13.9. The Morgan fingerprint density at radius 2 is 1.39 bits per heavy atom. The molecule has 3 heterocycles. The van der Waals surface area contributed by atoms with Gasteiger partial charge in [0, 0.05) is 12.1 Å². The van der Waals surface area contributed by atoms with Crippen LogP contribution in [0, 0.1) is 5.92 Å². The fourth-order valence-corrected chi connectivity index (χ4v) is 6.21. The highest BCUT2D eigenvalue weighted by molar-refractivity contribution is 5.93. The second-order valence-corrected chi connectivity index (χ2v) is 12.4. The Balaban J connectivity index is 1.19. The van der Waals surface area contributed by atoms with Crippen LogP contribution in [0.4, 0.5) is 0 Å². The van der Waals surface area contributed by atoms with Gasteiger partial charge in [0.1, 0.15) is 25.3 Å². The van der Waals surface area contributed by atoms with Crippen LogP contribution in [0.1, 0.15) is 55.1 Å². The van der Waals surface area contributed by atoms with Gasteiger partial charge in [0.25, 0.3) is 0 Å². The normalized spacial score (nSPS) is 25.8. The van der Waals surface area contributed by atoms with E-state index in [-0.39, 0.29) is 38.4 Å². The molecule has 256 valence electrons. The molecular weight excluding hydrogens is 626 g/mol. The van der Waals surface area contributed by atoms with Crippen molar-refractivity contribution in [3.05, 3.63) is 120 Å². The Morgan fingerprint density at radius 3 is 2.04 bits per heavy atom. The summed E-state index contributed by atoms with van der Waals surface area (Å²) in [7, 11) is 0. The van der Waals surface area contributed by atoms with Gasteiger partial charge in [0.15, 0.2) is 6.29 Å². The Morgan fingerprint density at radius 1 is 0.796 bits per heavy atom. The third kappa shape index (κ3) is 9.00. The molecule has 2 saturated heterocycles. The number of esters is 2. The van der Waals surface area contributed by atoms with Crippen molar-refractivity contribution in [3.8, 4) is 0 Å². The zero-order chi connectivity index (χ0) is 34.0. The molecule has 0 unspecified atom stereocenters. The first-order chi connectivity index (χ1) is 23.9. The Bertz CT molecular complexity index is 1600. The number of benzene rings is 3. The average molecular weight is 668 g/mol. The van der Waals surface area contributed by atoms with Crippen LogP contribution in [0.5, 0.6) is 0 Å². The standard InChI is InChI=1S/C38H41N3O8/c42-33-32-21-12-22-41(32)34(43)30(40-38-48-37(49-38)28-17-8-3-9-18-28)20-11-10-19-29(35(44)46-24-26-13-4-1-5-14-26)23-31(39-33)36(45)47-25-27-15-6-2-7-16-27/h1-11,13-18,29-32,37-38,40H,12,19-25H2,(H,39,42)/t29-,30-,31-,32-,37?,38?/m0/s1. The van der Waals surface area contributed by atoms with Gasteiger partial charge in [-0.3, -0.25) is 19.7 Å². The number of rotatable bonds is 9. The number of amides is 2. The summed E-state index contributed by atoms with van der Waals surface area (Å²) in [6.07, 6.45) is 3.75. The average Bonchev–Trinajstić information content (AvgIpc) is 3.62. The first-order valence-corrected chi connectivity index (χ1v) is 16.7. The lowest BCUT2D eigenvalue weighted by molar-refractivity contribution is -0.402. The minimum atomic E-state index is -1.14. The molecule has 3 aliphatic heterocycles. The maximum Gasteiger partial charge on any atom is 0.328 e. The Labute approximate surface area is 285 Å². The molecule has 11 nitrogen and oxygen atoms in total. The molecular formula is C38H41N3O8. The summed E-state index contributed by atoms with van der Waals surface area (Å²) in [6, 6.07) is 25.3. The lowest BCUT2D eigenvalue weighted by Crippen LogP contribution is -2.58. The van der Waals surface area contributed by atoms with Gasteiger partial charge in [-0.2, -0.15) is 0 Å². The monoisotopic (exact) mass is 667 g/mol. The van der Waals surface area contributed by atoms with Gasteiger partial charge in [0.2, 0.25) is 18.2 Å². The Kier molecular flexibility index (Phi) is 11.5. The molecule has 2 amide bonds. The van der Waals surface area contributed by atoms with Crippen LogP contribution in [0.3, 0.4) is 0 Å². The van der Waals surface area contributed by atoms with Crippen molar-refractivity contribution in [2.45, 2.75) is 76.1 Å². The molecule has 2 fully saturated rings. The van der Waals surface area contributed by atoms with E-state index in [0.29, 0.717) is 19.4 Å². The molecule has 3 aromatic carbocycles. The van der Waals surface area contributed by atoms with Crippen LogP contribution in [0.15, 0.2) is 103 Å². The van der Waals surface area contributed by atoms with Crippen molar-refractivity contribution in [1.82, 2.24) is 15.5 Å². The fourth-order valence-electron chi connectivity index (χ4n) is 6.21.